The number of hydrogen-bond donors (Lipinski definition) is 0. The summed E-state index contributed by atoms with van der Waals surface area (Å²) in [5.74, 6) is 0.745. The van der Waals surface area contributed by atoms with Crippen LogP contribution < -0.4 is 0 Å². The maximum Gasteiger partial charge on any atom is 0.228 e. The van der Waals surface area contributed by atoms with Gasteiger partial charge in [-0.15, -0.1) is 0 Å². The minimum absolute atomic E-state index is 0.0784. The van der Waals surface area contributed by atoms with E-state index < -0.39 is 9.84 Å². The summed E-state index contributed by atoms with van der Waals surface area (Å²) in [6.45, 7) is 11.5. The first kappa shape index (κ1) is 23.5. The van der Waals surface area contributed by atoms with Crippen molar-refractivity contribution in [3.8, 4) is 0 Å². The summed E-state index contributed by atoms with van der Waals surface area (Å²) < 4.78 is 28.5. The van der Waals surface area contributed by atoms with Crippen molar-refractivity contribution in [3.05, 3.63) is 47.3 Å². The predicted octanol–water partition coefficient (Wildman–Crippen LogP) is 4.22. The molecule has 170 valence electrons. The van der Waals surface area contributed by atoms with Crippen molar-refractivity contribution in [2.24, 2.45) is 17.8 Å². The van der Waals surface area contributed by atoms with Gasteiger partial charge in [-0.1, -0.05) is 52.0 Å². The van der Waals surface area contributed by atoms with Gasteiger partial charge in [-0.2, -0.15) is 0 Å². The molecular formula is C24H35N3O3S. The zero-order valence-electron chi connectivity index (χ0n) is 19.3. The molecule has 2 aromatic rings. The smallest absolute Gasteiger partial charge is 0.228 e. The lowest BCUT2D eigenvalue weighted by molar-refractivity contribution is -0.135. The van der Waals surface area contributed by atoms with Crippen molar-refractivity contribution in [1.82, 2.24) is 14.5 Å². The Morgan fingerprint density at radius 3 is 2.45 bits per heavy atom. The second kappa shape index (κ2) is 9.55. The number of nitrogens with zero attached hydrogens (tertiary/aromatic N) is 3. The fraction of sp³-hybridized carbons (Fsp3) is 0.583. The highest BCUT2D eigenvalue weighted by atomic mass is 32.2. The van der Waals surface area contributed by atoms with Crippen molar-refractivity contribution in [2.45, 2.75) is 71.5 Å². The third kappa shape index (κ3) is 5.97. The van der Waals surface area contributed by atoms with Crippen molar-refractivity contribution >= 4 is 15.7 Å². The van der Waals surface area contributed by atoms with Gasteiger partial charge in [0.15, 0.2) is 0 Å². The van der Waals surface area contributed by atoms with Crippen molar-refractivity contribution in [1.29, 1.82) is 0 Å². The lowest BCUT2D eigenvalue weighted by atomic mass is 10.1. The molecule has 6 nitrogen and oxygen atoms in total. The normalized spacial score (nSPS) is 14.4. The quantitative estimate of drug-likeness (QED) is 0.549. The highest BCUT2D eigenvalue weighted by molar-refractivity contribution is 7.90. The van der Waals surface area contributed by atoms with Crippen molar-refractivity contribution in [3.63, 3.8) is 0 Å². The average molecular weight is 446 g/mol. The summed E-state index contributed by atoms with van der Waals surface area (Å²) in [5, 5.41) is 0.0998. The molecule has 1 aliphatic rings. The lowest BCUT2D eigenvalue weighted by Crippen LogP contribution is -2.36. The lowest BCUT2D eigenvalue weighted by Gasteiger charge is -2.25. The Morgan fingerprint density at radius 2 is 1.87 bits per heavy atom. The molecule has 1 aromatic carbocycles. The maximum atomic E-state index is 13.3. The molecule has 31 heavy (non-hydrogen) atoms. The van der Waals surface area contributed by atoms with E-state index in [0.717, 1.165) is 36.2 Å². The summed E-state index contributed by atoms with van der Waals surface area (Å²) >= 11 is 0. The molecule has 1 heterocycles. The van der Waals surface area contributed by atoms with E-state index in [9.17, 15) is 13.2 Å². The fourth-order valence-electron chi connectivity index (χ4n) is 3.77. The average Bonchev–Trinajstić information content (AvgIpc) is 3.42. The Balaban J connectivity index is 1.93. The van der Waals surface area contributed by atoms with Crippen LogP contribution in [0.5, 0.6) is 0 Å². The molecule has 0 N–H and O–H groups in total. The fourth-order valence-corrected chi connectivity index (χ4v) is 5.38. The molecule has 0 bridgehead atoms. The second-order valence-corrected chi connectivity index (χ2v) is 11.4. The highest BCUT2D eigenvalue weighted by Crippen LogP contribution is 2.31. The number of carbonyl (C=O) groups excluding carboxylic acids is 1. The summed E-state index contributed by atoms with van der Waals surface area (Å²) in [4.78, 5) is 19.0. The standard InChI is InChI=1S/C24H35N3O3S/c1-17(2)13-27-22(15-26(14-20-10-11-20)23(28)18(3)4)12-25-24(27)31(29,30)16-21-9-7-6-8-19(21)5/h6-9,12,17-18,20H,10-11,13-16H2,1-5H3. The van der Waals surface area contributed by atoms with Gasteiger partial charge in [0.2, 0.25) is 20.9 Å². The van der Waals surface area contributed by atoms with Crippen molar-refractivity contribution in [2.75, 3.05) is 6.54 Å². The first-order valence-electron chi connectivity index (χ1n) is 11.2. The molecule has 1 saturated carbocycles. The Bertz CT molecular complexity index is 1020. The summed E-state index contributed by atoms with van der Waals surface area (Å²) in [5.41, 5.74) is 2.52. The molecule has 3 rings (SSSR count). The van der Waals surface area contributed by atoms with Gasteiger partial charge < -0.3 is 9.47 Å². The molecule has 7 heteroatoms. The molecule has 1 amide bonds. The van der Waals surface area contributed by atoms with Gasteiger partial charge in [0.25, 0.3) is 0 Å². The topological polar surface area (TPSA) is 72.3 Å². The number of aromatic nitrogens is 2. The zero-order valence-corrected chi connectivity index (χ0v) is 20.2. The molecule has 0 aliphatic heterocycles. The van der Waals surface area contributed by atoms with Crippen LogP contribution in [0.25, 0.3) is 0 Å². The monoisotopic (exact) mass is 445 g/mol. The van der Waals surface area contributed by atoms with Crippen LogP contribution in [0.4, 0.5) is 0 Å². The number of aryl methyl sites for hydroxylation is 1. The van der Waals surface area contributed by atoms with Gasteiger partial charge in [-0.3, -0.25) is 4.79 Å². The summed E-state index contributed by atoms with van der Waals surface area (Å²) in [7, 11) is -3.63. The van der Waals surface area contributed by atoms with E-state index in [1.807, 2.05) is 54.5 Å². The van der Waals surface area contributed by atoms with Crippen LogP contribution in [0.1, 0.15) is 57.4 Å². The number of hydrogen-bond acceptors (Lipinski definition) is 4. The van der Waals surface area contributed by atoms with Gasteiger partial charge in [-0.25, -0.2) is 13.4 Å². The molecule has 0 saturated heterocycles. The van der Waals surface area contributed by atoms with E-state index in [1.54, 1.807) is 6.20 Å². The van der Waals surface area contributed by atoms with Gasteiger partial charge in [0.05, 0.1) is 24.2 Å². The minimum Gasteiger partial charge on any atom is -0.336 e. The third-order valence-electron chi connectivity index (χ3n) is 5.67. The number of rotatable bonds is 10. The van der Waals surface area contributed by atoms with Crippen LogP contribution in [0, 0.1) is 24.7 Å². The zero-order chi connectivity index (χ0) is 22.8. The van der Waals surface area contributed by atoms with E-state index in [1.165, 1.54) is 0 Å². The first-order chi connectivity index (χ1) is 14.6. The highest BCUT2D eigenvalue weighted by Gasteiger charge is 2.30. The number of sulfone groups is 1. The van der Waals surface area contributed by atoms with Crippen LogP contribution in [0.15, 0.2) is 35.6 Å². The van der Waals surface area contributed by atoms with E-state index >= 15 is 0 Å². The number of benzene rings is 1. The molecule has 0 radical (unpaired) electrons. The second-order valence-electron chi connectivity index (χ2n) is 9.54. The van der Waals surface area contributed by atoms with E-state index in [0.29, 0.717) is 19.0 Å². The summed E-state index contributed by atoms with van der Waals surface area (Å²) in [6.07, 6.45) is 3.95. The van der Waals surface area contributed by atoms with Gasteiger partial charge in [0.1, 0.15) is 0 Å². The van der Waals surface area contributed by atoms with Crippen LogP contribution in [-0.4, -0.2) is 35.3 Å². The first-order valence-corrected chi connectivity index (χ1v) is 12.8. The number of amides is 1. The number of carbonyl (C=O) groups is 1. The predicted molar refractivity (Wildman–Crippen MR) is 122 cm³/mol. The van der Waals surface area contributed by atoms with Gasteiger partial charge in [-0.05, 0) is 42.7 Å². The largest absolute Gasteiger partial charge is 0.336 e. The maximum absolute atomic E-state index is 13.3. The Hall–Kier alpha value is -2.15. The van der Waals surface area contributed by atoms with Crippen LogP contribution >= 0.6 is 0 Å². The molecule has 1 fully saturated rings. The summed E-state index contributed by atoms with van der Waals surface area (Å²) in [6, 6.07) is 7.53. The molecular weight excluding hydrogens is 410 g/mol. The molecule has 0 spiro atoms. The molecule has 1 aromatic heterocycles. The third-order valence-corrected chi connectivity index (χ3v) is 7.24. The van der Waals surface area contributed by atoms with E-state index in [-0.39, 0.29) is 28.7 Å². The number of imidazole rings is 1. The molecule has 0 unspecified atom stereocenters. The van der Waals surface area contributed by atoms with Crippen LogP contribution in [0.2, 0.25) is 0 Å². The Labute approximate surface area is 186 Å². The van der Waals surface area contributed by atoms with Crippen molar-refractivity contribution < 1.29 is 13.2 Å². The minimum atomic E-state index is -3.63. The van der Waals surface area contributed by atoms with E-state index in [2.05, 4.69) is 18.8 Å². The SMILES string of the molecule is Cc1ccccc1CS(=O)(=O)c1ncc(CN(CC2CC2)C(=O)C(C)C)n1CC(C)C. The molecule has 0 atom stereocenters. The van der Waals surface area contributed by atoms with E-state index in [4.69, 9.17) is 0 Å². The van der Waals surface area contributed by atoms with Crippen LogP contribution in [-0.2, 0) is 33.5 Å². The Kier molecular flexibility index (Phi) is 7.24. The molecule has 1 aliphatic carbocycles. The van der Waals surface area contributed by atoms with Gasteiger partial charge in [0, 0.05) is 19.0 Å². The van der Waals surface area contributed by atoms with Gasteiger partial charge >= 0.3 is 0 Å². The van der Waals surface area contributed by atoms with Crippen LogP contribution in [0.3, 0.4) is 0 Å². The Morgan fingerprint density at radius 1 is 1.19 bits per heavy atom.